The second-order valence-corrected chi connectivity index (χ2v) is 6.89. The summed E-state index contributed by atoms with van der Waals surface area (Å²) in [5, 5.41) is 4.04. The number of aromatic amines is 2. The molecule has 2 aromatic carbocycles. The number of amides is 1. The molecular formula is C21H18F3N3O. The summed E-state index contributed by atoms with van der Waals surface area (Å²) in [6, 6.07) is 6.71. The van der Waals surface area contributed by atoms with Crippen molar-refractivity contribution in [2.75, 3.05) is 6.54 Å². The minimum atomic E-state index is -0.973. The number of carbonyl (C=O) groups excluding carboxylic acids is 1. The van der Waals surface area contributed by atoms with Gasteiger partial charge in [-0.3, -0.25) is 4.79 Å². The van der Waals surface area contributed by atoms with Gasteiger partial charge in [0.2, 0.25) is 0 Å². The Morgan fingerprint density at radius 1 is 1.00 bits per heavy atom. The lowest BCUT2D eigenvalue weighted by atomic mass is 10.0. The highest BCUT2D eigenvalue weighted by Crippen LogP contribution is 2.28. The maximum Gasteiger partial charge on any atom is 0.267 e. The second-order valence-electron chi connectivity index (χ2n) is 6.89. The number of carbonyl (C=O) groups is 1. The SMILES string of the molecule is Cc1[nH]c2c(F)ccc(C)c2c1CCNC(=O)c1cc2cc(F)c(F)cc2[nH]1. The Kier molecular flexibility index (Phi) is 4.37. The van der Waals surface area contributed by atoms with Crippen LogP contribution in [0.2, 0.25) is 0 Å². The molecule has 0 unspecified atom stereocenters. The summed E-state index contributed by atoms with van der Waals surface area (Å²) in [5.74, 6) is -2.62. The van der Waals surface area contributed by atoms with Crippen LogP contribution in [0.25, 0.3) is 21.8 Å². The molecule has 1 amide bonds. The highest BCUT2D eigenvalue weighted by atomic mass is 19.2. The third-order valence-corrected chi connectivity index (χ3v) is 5.00. The summed E-state index contributed by atoms with van der Waals surface area (Å²) in [6.45, 7) is 4.12. The summed E-state index contributed by atoms with van der Waals surface area (Å²) in [6.07, 6.45) is 0.519. The third kappa shape index (κ3) is 3.02. The van der Waals surface area contributed by atoms with Gasteiger partial charge in [-0.25, -0.2) is 13.2 Å². The molecule has 0 radical (unpaired) electrons. The zero-order valence-electron chi connectivity index (χ0n) is 15.3. The molecule has 4 rings (SSSR count). The maximum absolute atomic E-state index is 14.0. The third-order valence-electron chi connectivity index (χ3n) is 5.00. The van der Waals surface area contributed by atoms with E-state index in [1.165, 1.54) is 12.1 Å². The molecule has 0 aliphatic heterocycles. The first-order valence-electron chi connectivity index (χ1n) is 8.87. The molecule has 144 valence electrons. The van der Waals surface area contributed by atoms with Crippen LogP contribution in [0.1, 0.15) is 27.3 Å². The fourth-order valence-electron chi connectivity index (χ4n) is 3.60. The molecule has 4 aromatic rings. The average Bonchev–Trinajstić information content (AvgIpc) is 3.20. The molecule has 28 heavy (non-hydrogen) atoms. The van der Waals surface area contributed by atoms with Crippen LogP contribution in [-0.4, -0.2) is 22.4 Å². The van der Waals surface area contributed by atoms with Crippen LogP contribution in [-0.2, 0) is 6.42 Å². The van der Waals surface area contributed by atoms with Gasteiger partial charge >= 0.3 is 0 Å². The molecule has 0 spiro atoms. The van der Waals surface area contributed by atoms with Crippen molar-refractivity contribution < 1.29 is 18.0 Å². The lowest BCUT2D eigenvalue weighted by Gasteiger charge is -2.06. The van der Waals surface area contributed by atoms with Crippen LogP contribution in [0.3, 0.4) is 0 Å². The van der Waals surface area contributed by atoms with Crippen LogP contribution < -0.4 is 5.32 Å². The zero-order valence-corrected chi connectivity index (χ0v) is 15.3. The minimum absolute atomic E-state index is 0.220. The number of fused-ring (bicyclic) bond motifs is 2. The Bertz CT molecular complexity index is 1180. The predicted molar refractivity (Wildman–Crippen MR) is 102 cm³/mol. The molecule has 0 bridgehead atoms. The summed E-state index contributed by atoms with van der Waals surface area (Å²) in [5.41, 5.74) is 3.81. The minimum Gasteiger partial charge on any atom is -0.356 e. The van der Waals surface area contributed by atoms with Gasteiger partial charge in [-0.15, -0.1) is 0 Å². The number of hydrogen-bond donors (Lipinski definition) is 3. The fourth-order valence-corrected chi connectivity index (χ4v) is 3.60. The molecule has 2 heterocycles. The molecule has 0 saturated carbocycles. The lowest BCUT2D eigenvalue weighted by molar-refractivity contribution is 0.0950. The first-order valence-corrected chi connectivity index (χ1v) is 8.87. The maximum atomic E-state index is 14.0. The Morgan fingerprint density at radius 2 is 1.75 bits per heavy atom. The molecule has 0 aliphatic carbocycles. The number of halogens is 3. The molecule has 4 nitrogen and oxygen atoms in total. The van der Waals surface area contributed by atoms with E-state index in [1.807, 2.05) is 13.8 Å². The van der Waals surface area contributed by atoms with Gasteiger partial charge in [0.25, 0.3) is 5.91 Å². The van der Waals surface area contributed by atoms with Crippen LogP contribution >= 0.6 is 0 Å². The molecule has 0 aliphatic rings. The number of aromatic nitrogens is 2. The normalized spacial score (nSPS) is 11.5. The number of nitrogens with one attached hydrogen (secondary N) is 3. The van der Waals surface area contributed by atoms with Crippen molar-refractivity contribution in [2.24, 2.45) is 0 Å². The zero-order chi connectivity index (χ0) is 20.0. The monoisotopic (exact) mass is 385 g/mol. The number of H-pyrrole nitrogens is 2. The summed E-state index contributed by atoms with van der Waals surface area (Å²) in [7, 11) is 0. The van der Waals surface area contributed by atoms with Crippen molar-refractivity contribution in [3.05, 3.63) is 70.3 Å². The van der Waals surface area contributed by atoms with E-state index in [9.17, 15) is 18.0 Å². The molecule has 0 saturated heterocycles. The highest BCUT2D eigenvalue weighted by Gasteiger charge is 2.15. The Hall–Kier alpha value is -3.22. The van der Waals surface area contributed by atoms with E-state index in [4.69, 9.17) is 0 Å². The molecule has 7 heteroatoms. The van der Waals surface area contributed by atoms with E-state index in [0.717, 1.165) is 34.3 Å². The topological polar surface area (TPSA) is 60.7 Å². The summed E-state index contributed by atoms with van der Waals surface area (Å²) < 4.78 is 40.7. The van der Waals surface area contributed by atoms with Gasteiger partial charge < -0.3 is 15.3 Å². The average molecular weight is 385 g/mol. The van der Waals surface area contributed by atoms with E-state index in [2.05, 4.69) is 15.3 Å². The number of aryl methyl sites for hydroxylation is 2. The van der Waals surface area contributed by atoms with E-state index in [-0.39, 0.29) is 17.4 Å². The number of benzene rings is 2. The fraction of sp³-hybridized carbons (Fsp3) is 0.190. The van der Waals surface area contributed by atoms with E-state index in [1.54, 1.807) is 6.07 Å². The van der Waals surface area contributed by atoms with E-state index < -0.39 is 11.6 Å². The van der Waals surface area contributed by atoms with Gasteiger partial charge in [-0.05, 0) is 49.6 Å². The van der Waals surface area contributed by atoms with Crippen LogP contribution in [0.5, 0.6) is 0 Å². The number of hydrogen-bond acceptors (Lipinski definition) is 1. The van der Waals surface area contributed by atoms with Crippen molar-refractivity contribution in [1.82, 2.24) is 15.3 Å². The molecular weight excluding hydrogens is 367 g/mol. The van der Waals surface area contributed by atoms with Crippen molar-refractivity contribution in [3.63, 3.8) is 0 Å². The second kappa shape index (κ2) is 6.74. The standard InChI is InChI=1S/C21H18F3N3O/c1-10-3-4-14(22)20-19(10)13(11(2)26-20)5-6-25-21(28)18-8-12-7-15(23)16(24)9-17(12)27-18/h3-4,7-9,26-27H,5-6H2,1-2H3,(H,25,28). The van der Waals surface area contributed by atoms with Crippen LogP contribution in [0.4, 0.5) is 13.2 Å². The summed E-state index contributed by atoms with van der Waals surface area (Å²) >= 11 is 0. The first-order chi connectivity index (χ1) is 13.3. The van der Waals surface area contributed by atoms with Crippen molar-refractivity contribution in [1.29, 1.82) is 0 Å². The van der Waals surface area contributed by atoms with Crippen molar-refractivity contribution in [3.8, 4) is 0 Å². The van der Waals surface area contributed by atoms with Crippen molar-refractivity contribution >= 4 is 27.7 Å². The van der Waals surface area contributed by atoms with Gasteiger partial charge in [0.15, 0.2) is 11.6 Å². The van der Waals surface area contributed by atoms with Gasteiger partial charge in [0.1, 0.15) is 11.5 Å². The molecule has 0 atom stereocenters. The van der Waals surface area contributed by atoms with E-state index in [0.29, 0.717) is 29.4 Å². The molecule has 2 aromatic heterocycles. The Labute approximate surface area is 158 Å². The quantitative estimate of drug-likeness (QED) is 0.470. The lowest BCUT2D eigenvalue weighted by Crippen LogP contribution is -2.26. The van der Waals surface area contributed by atoms with E-state index >= 15 is 0 Å². The highest BCUT2D eigenvalue weighted by molar-refractivity contribution is 5.98. The first kappa shape index (κ1) is 18.2. The van der Waals surface area contributed by atoms with Gasteiger partial charge in [0, 0.05) is 34.6 Å². The van der Waals surface area contributed by atoms with Gasteiger partial charge in [-0.2, -0.15) is 0 Å². The van der Waals surface area contributed by atoms with Crippen LogP contribution in [0.15, 0.2) is 30.3 Å². The largest absolute Gasteiger partial charge is 0.356 e. The van der Waals surface area contributed by atoms with Gasteiger partial charge in [0.05, 0.1) is 5.52 Å². The number of rotatable bonds is 4. The molecule has 0 fully saturated rings. The Morgan fingerprint density at radius 3 is 2.54 bits per heavy atom. The predicted octanol–water partition coefficient (Wildman–Crippen LogP) is 4.66. The van der Waals surface area contributed by atoms with Crippen LogP contribution in [0, 0.1) is 31.3 Å². The molecule has 3 N–H and O–H groups in total. The summed E-state index contributed by atoms with van der Waals surface area (Å²) in [4.78, 5) is 18.2. The smallest absolute Gasteiger partial charge is 0.267 e. The van der Waals surface area contributed by atoms with Crippen molar-refractivity contribution in [2.45, 2.75) is 20.3 Å². The Balaban J connectivity index is 1.51. The van der Waals surface area contributed by atoms with Gasteiger partial charge in [-0.1, -0.05) is 6.07 Å².